The van der Waals surface area contributed by atoms with Gasteiger partial charge < -0.3 is 9.13 Å². The summed E-state index contributed by atoms with van der Waals surface area (Å²) in [5.74, 6) is -0.0256. The highest BCUT2D eigenvalue weighted by molar-refractivity contribution is 6.14. The fraction of sp³-hybridized carbons (Fsp3) is 0.145. The highest BCUT2D eigenvalue weighted by atomic mass is 19.4. The van der Waals surface area contributed by atoms with Gasteiger partial charge in [0.2, 0.25) is 0 Å². The molecular weight excluding hydrogens is 1180 g/mol. The van der Waals surface area contributed by atoms with E-state index in [9.17, 15) is 13.2 Å². The lowest BCUT2D eigenvalue weighted by atomic mass is 9.95. The summed E-state index contributed by atoms with van der Waals surface area (Å²) in [6.45, 7) is 16.5. The van der Waals surface area contributed by atoms with Crippen molar-refractivity contribution in [1.29, 1.82) is 0 Å². The van der Waals surface area contributed by atoms with Crippen molar-refractivity contribution in [2.24, 2.45) is 0 Å². The van der Waals surface area contributed by atoms with Gasteiger partial charge in [-0.25, -0.2) is 14.8 Å². The zero-order valence-corrected chi connectivity index (χ0v) is 47.0. The number of hydrogen-bond donors (Lipinski definition) is 0. The maximum atomic E-state index is 15.1. The molecule has 0 spiro atoms. The molecule has 0 fully saturated rings. The van der Waals surface area contributed by atoms with E-state index in [-0.39, 0.29) is 123 Å². The second kappa shape index (κ2) is 20.9. The Labute approximate surface area is 496 Å². The second-order valence-electron chi connectivity index (χ2n) is 21.9. The van der Waals surface area contributed by atoms with Gasteiger partial charge in [-0.15, -0.1) is 0 Å². The average Bonchev–Trinajstić information content (AvgIpc) is 1.59. The molecule has 12 rings (SSSR count). The van der Waals surface area contributed by atoms with Crippen molar-refractivity contribution in [3.8, 4) is 67.3 Å². The Morgan fingerprint density at radius 2 is 0.640 bits per heavy atom. The highest BCUT2D eigenvalue weighted by Crippen LogP contribution is 2.49. The minimum absolute atomic E-state index is 0.00202. The summed E-state index contributed by atoms with van der Waals surface area (Å²) in [6.07, 6.45) is -25.3. The van der Waals surface area contributed by atoms with E-state index >= 15 is 52.7 Å². The smallest absolute Gasteiger partial charge is 0.308 e. The molecule has 0 saturated carbocycles. The van der Waals surface area contributed by atoms with Crippen molar-refractivity contribution in [3.05, 3.63) is 231 Å². The van der Waals surface area contributed by atoms with Crippen LogP contribution >= 0.6 is 0 Å². The summed E-state index contributed by atoms with van der Waals surface area (Å²) >= 11 is 0. The molecule has 0 unspecified atom stereocenters. The normalized spacial score (nSPS) is 12.7. The molecule has 0 aliphatic carbocycles. The van der Waals surface area contributed by atoms with Crippen LogP contribution in [0.3, 0.4) is 0 Å². The molecule has 5 nitrogen and oxygen atoms in total. The number of benzene rings is 9. The average molecular weight is 1230 g/mol. The molecule has 0 atom stereocenters. The zero-order valence-electron chi connectivity index (χ0n) is 47.0. The number of fused-ring (bicyclic) bond motifs is 6. The van der Waals surface area contributed by atoms with Crippen LogP contribution in [-0.4, -0.2) is 19.1 Å². The zero-order chi connectivity index (χ0) is 63.8. The van der Waals surface area contributed by atoms with Crippen LogP contribution in [-0.2, 0) is 30.9 Å². The van der Waals surface area contributed by atoms with E-state index < -0.39 is 64.3 Å². The Kier molecular flexibility index (Phi) is 13.9. The Balaban J connectivity index is 1.29. The summed E-state index contributed by atoms with van der Waals surface area (Å²) < 4.78 is 227. The Morgan fingerprint density at radius 3 is 0.955 bits per heavy atom. The summed E-state index contributed by atoms with van der Waals surface area (Å²) in [4.78, 5) is 13.3. The molecular formula is C69H42F15N5. The van der Waals surface area contributed by atoms with E-state index in [2.05, 4.69) is 14.8 Å². The lowest BCUT2D eigenvalue weighted by molar-refractivity contribution is -0.143. The molecule has 89 heavy (non-hydrogen) atoms. The van der Waals surface area contributed by atoms with Gasteiger partial charge in [0.15, 0.2) is 5.69 Å². The second-order valence-corrected chi connectivity index (χ2v) is 21.9. The molecule has 3 aromatic heterocycles. The number of rotatable bonds is 7. The Hall–Kier alpha value is -9.90. The standard InChI is InChI=1S/C69H42F15N5/c1-34-7-15-44(53(23-34)66(73,74)75)39-10-18-48-49-21-13-42(47-22-14-43(65(70,71)72)31-56(47)69(82,83)84)30-59(49)88(58(48)27-39)62-32-52(64-86-37(4)26-38(5)87-64)57(85-6)33-63(62)89-60-28-40(45-16-8-35(2)24-54(45)67(76,77)78)11-19-50(60)51-20-12-41(29-61(51)89)46-17-9-36(3)25-55(46)68(79,80)81/h7-33H,1-5H3. The summed E-state index contributed by atoms with van der Waals surface area (Å²) in [7, 11) is 0. The summed E-state index contributed by atoms with van der Waals surface area (Å²) in [5, 5.41) is 1.18. The van der Waals surface area contributed by atoms with E-state index in [4.69, 9.17) is 6.57 Å². The van der Waals surface area contributed by atoms with E-state index in [0.29, 0.717) is 34.3 Å². The molecule has 0 saturated heterocycles. The molecule has 20 heteroatoms. The minimum atomic E-state index is -5.37. The molecule has 12 aromatic rings. The summed E-state index contributed by atoms with van der Waals surface area (Å²) in [6, 6.07) is 33.8. The van der Waals surface area contributed by atoms with Gasteiger partial charge in [0, 0.05) is 38.5 Å². The van der Waals surface area contributed by atoms with Gasteiger partial charge in [0.1, 0.15) is 5.82 Å². The third-order valence-corrected chi connectivity index (χ3v) is 15.8. The number of halogens is 15. The lowest BCUT2D eigenvalue weighted by Gasteiger charge is -2.21. The SMILES string of the molecule is [C-]#[N+]c1cc(-n2c3cc(-c4ccc(C)cc4C(F)(F)F)ccc3c3ccc(-c4ccc(C)cc4C(F)(F)F)cc32)c(-n2c3cc(-c4ccc(C)cc4C(F)(F)F)ccc3c3ccc(-c4ccc(C(F)(F)F)cc4C(F)(F)F)cc32)cc1-c1nc(C)cc(C)n1. The summed E-state index contributed by atoms with van der Waals surface area (Å²) in [5.41, 5.74) is -6.30. The van der Waals surface area contributed by atoms with Crippen molar-refractivity contribution in [1.82, 2.24) is 19.1 Å². The van der Waals surface area contributed by atoms with Crippen molar-refractivity contribution >= 4 is 49.3 Å². The van der Waals surface area contributed by atoms with Crippen molar-refractivity contribution in [3.63, 3.8) is 0 Å². The fourth-order valence-electron chi connectivity index (χ4n) is 11.9. The molecule has 0 bridgehead atoms. The predicted octanol–water partition coefficient (Wildman–Crippen LogP) is 22.2. The van der Waals surface area contributed by atoms with Crippen LogP contribution in [0.4, 0.5) is 71.5 Å². The molecule has 448 valence electrons. The van der Waals surface area contributed by atoms with Crippen LogP contribution in [0, 0.1) is 41.2 Å². The number of aromatic nitrogens is 4. The minimum Gasteiger partial charge on any atom is -0.308 e. The number of nitrogens with zero attached hydrogens (tertiary/aromatic N) is 5. The van der Waals surface area contributed by atoms with Crippen LogP contribution in [0.1, 0.15) is 55.9 Å². The van der Waals surface area contributed by atoms with Gasteiger partial charge in [-0.3, -0.25) is 0 Å². The predicted molar refractivity (Wildman–Crippen MR) is 313 cm³/mol. The molecule has 0 amide bonds. The molecule has 0 aliphatic heterocycles. The maximum Gasteiger partial charge on any atom is 0.417 e. The van der Waals surface area contributed by atoms with Gasteiger partial charge >= 0.3 is 30.9 Å². The number of hydrogen-bond acceptors (Lipinski definition) is 2. The molecule has 0 aliphatic rings. The van der Waals surface area contributed by atoms with Crippen molar-refractivity contribution in [2.75, 3.05) is 0 Å². The van der Waals surface area contributed by atoms with E-state index in [0.717, 1.165) is 18.2 Å². The monoisotopic (exact) mass is 1230 g/mol. The molecule has 9 aromatic carbocycles. The fourth-order valence-corrected chi connectivity index (χ4v) is 11.9. The van der Waals surface area contributed by atoms with Gasteiger partial charge in [0.25, 0.3) is 0 Å². The van der Waals surface area contributed by atoms with Crippen LogP contribution in [0.5, 0.6) is 0 Å². The van der Waals surface area contributed by atoms with Crippen molar-refractivity contribution in [2.45, 2.75) is 65.5 Å². The molecule has 3 heterocycles. The first-order valence-electron chi connectivity index (χ1n) is 27.2. The number of aryl methyl sites for hydroxylation is 5. The largest absolute Gasteiger partial charge is 0.417 e. The van der Waals surface area contributed by atoms with Gasteiger partial charge in [-0.05, 0) is 152 Å². The van der Waals surface area contributed by atoms with E-state index in [1.54, 1.807) is 19.9 Å². The molecule has 0 radical (unpaired) electrons. The van der Waals surface area contributed by atoms with E-state index in [1.165, 1.54) is 151 Å². The topological polar surface area (TPSA) is 40.0 Å². The van der Waals surface area contributed by atoms with Crippen molar-refractivity contribution < 1.29 is 65.9 Å². The third-order valence-electron chi connectivity index (χ3n) is 15.8. The highest BCUT2D eigenvalue weighted by Gasteiger charge is 2.40. The number of alkyl halides is 15. The first-order valence-corrected chi connectivity index (χ1v) is 27.2. The quantitative estimate of drug-likeness (QED) is 0.118. The Bertz CT molecular complexity index is 4830. The van der Waals surface area contributed by atoms with Crippen LogP contribution < -0.4 is 0 Å². The first kappa shape index (κ1) is 59.4. The van der Waals surface area contributed by atoms with Crippen LogP contribution in [0.25, 0.3) is 116 Å². The molecule has 0 N–H and O–H groups in total. The maximum absolute atomic E-state index is 15.1. The van der Waals surface area contributed by atoms with Crippen LogP contribution in [0.15, 0.2) is 164 Å². The van der Waals surface area contributed by atoms with Gasteiger partial charge in [-0.2, -0.15) is 65.9 Å². The van der Waals surface area contributed by atoms with Gasteiger partial charge in [0.05, 0.1) is 67.8 Å². The van der Waals surface area contributed by atoms with Gasteiger partial charge in [-0.1, -0.05) is 108 Å². The third kappa shape index (κ3) is 10.6. The first-order chi connectivity index (χ1) is 41.8. The van der Waals surface area contributed by atoms with E-state index in [1.807, 2.05) is 0 Å². The van der Waals surface area contributed by atoms with Crippen LogP contribution in [0.2, 0.25) is 0 Å². The Morgan fingerprint density at radius 1 is 0.326 bits per heavy atom. The lowest BCUT2D eigenvalue weighted by Crippen LogP contribution is -2.12.